The van der Waals surface area contributed by atoms with Crippen molar-refractivity contribution in [3.63, 3.8) is 0 Å². The highest BCUT2D eigenvalue weighted by Gasteiger charge is 2.12. The van der Waals surface area contributed by atoms with Crippen molar-refractivity contribution in [3.8, 4) is 0 Å². The first-order valence-electron chi connectivity index (χ1n) is 7.73. The molecular formula is C18H15BrClFN4S. The van der Waals surface area contributed by atoms with Gasteiger partial charge in [-0.05, 0) is 64.9 Å². The average Bonchev–Trinajstić information content (AvgIpc) is 2.90. The number of thiocarbonyl (C=S) groups is 1. The summed E-state index contributed by atoms with van der Waals surface area (Å²) >= 11 is 14.8. The maximum atomic E-state index is 13.9. The molecule has 3 rings (SSSR count). The van der Waals surface area contributed by atoms with Gasteiger partial charge in [-0.2, -0.15) is 5.10 Å². The molecule has 2 N–H and O–H groups in total. The molecule has 4 nitrogen and oxygen atoms in total. The number of nitrogens with one attached hydrogen (secondary N) is 2. The van der Waals surface area contributed by atoms with Crippen molar-refractivity contribution in [1.82, 2.24) is 9.78 Å². The molecule has 1 heterocycles. The van der Waals surface area contributed by atoms with E-state index >= 15 is 0 Å². The van der Waals surface area contributed by atoms with E-state index in [-0.39, 0.29) is 12.4 Å². The minimum Gasteiger partial charge on any atom is -0.332 e. The minimum absolute atomic E-state index is 0.212. The number of halogens is 3. The highest BCUT2D eigenvalue weighted by Crippen LogP contribution is 2.24. The number of aryl methyl sites for hydroxylation is 1. The topological polar surface area (TPSA) is 41.9 Å². The molecule has 0 bridgehead atoms. The molecule has 0 aliphatic heterocycles. The summed E-state index contributed by atoms with van der Waals surface area (Å²) in [6.07, 6.45) is 1.74. The molecule has 0 atom stereocenters. The molecular weight excluding hydrogens is 439 g/mol. The molecule has 0 aliphatic rings. The molecule has 134 valence electrons. The maximum Gasteiger partial charge on any atom is 0.176 e. The number of hydrogen-bond acceptors (Lipinski definition) is 2. The average molecular weight is 454 g/mol. The lowest BCUT2D eigenvalue weighted by atomic mass is 10.2. The van der Waals surface area contributed by atoms with Gasteiger partial charge in [-0.15, -0.1) is 0 Å². The van der Waals surface area contributed by atoms with E-state index in [1.54, 1.807) is 23.0 Å². The van der Waals surface area contributed by atoms with E-state index in [1.165, 1.54) is 6.07 Å². The smallest absolute Gasteiger partial charge is 0.176 e. The number of hydrogen-bond donors (Lipinski definition) is 2. The zero-order chi connectivity index (χ0) is 18.7. The number of rotatable bonds is 4. The summed E-state index contributed by atoms with van der Waals surface area (Å²) in [4.78, 5) is 0. The molecule has 0 fully saturated rings. The van der Waals surface area contributed by atoms with Crippen molar-refractivity contribution >= 4 is 56.4 Å². The van der Waals surface area contributed by atoms with Gasteiger partial charge in [-0.1, -0.05) is 29.8 Å². The lowest BCUT2D eigenvalue weighted by Crippen LogP contribution is -2.19. The summed E-state index contributed by atoms with van der Waals surface area (Å²) in [5, 5.41) is 11.3. The fourth-order valence-corrected chi connectivity index (χ4v) is 3.25. The van der Waals surface area contributed by atoms with Gasteiger partial charge in [-0.25, -0.2) is 4.39 Å². The van der Waals surface area contributed by atoms with Crippen LogP contribution in [-0.4, -0.2) is 14.9 Å². The van der Waals surface area contributed by atoms with E-state index in [1.807, 2.05) is 31.2 Å². The Labute approximate surface area is 169 Å². The monoisotopic (exact) mass is 452 g/mol. The van der Waals surface area contributed by atoms with Gasteiger partial charge in [-0.3, -0.25) is 4.68 Å². The number of benzene rings is 2. The summed E-state index contributed by atoms with van der Waals surface area (Å²) in [5.74, 6) is 0.165. The molecule has 0 aliphatic carbocycles. The maximum absolute atomic E-state index is 13.9. The summed E-state index contributed by atoms with van der Waals surface area (Å²) in [7, 11) is 0. The van der Waals surface area contributed by atoms with Crippen LogP contribution in [0.15, 0.2) is 53.1 Å². The molecule has 3 aromatic rings. The Balaban J connectivity index is 1.71. The normalized spacial score (nSPS) is 10.6. The SMILES string of the molecule is Cc1cccc(NC(=S)Nc2nn(Cc3c(F)cccc3Cl)cc2Br)c1. The van der Waals surface area contributed by atoms with E-state index in [0.717, 1.165) is 11.3 Å². The summed E-state index contributed by atoms with van der Waals surface area (Å²) in [6, 6.07) is 12.5. The predicted molar refractivity (Wildman–Crippen MR) is 111 cm³/mol. The number of nitrogens with zero attached hydrogens (tertiary/aromatic N) is 2. The third-order valence-corrected chi connectivity index (χ3v) is 4.75. The number of aromatic nitrogens is 2. The van der Waals surface area contributed by atoms with Gasteiger partial charge in [0.2, 0.25) is 0 Å². The van der Waals surface area contributed by atoms with Gasteiger partial charge in [0.15, 0.2) is 10.9 Å². The van der Waals surface area contributed by atoms with Gasteiger partial charge in [0.05, 0.1) is 11.0 Å². The molecule has 2 aromatic carbocycles. The van der Waals surface area contributed by atoms with Crippen LogP contribution in [0.5, 0.6) is 0 Å². The molecule has 0 saturated carbocycles. The lowest BCUT2D eigenvalue weighted by molar-refractivity contribution is 0.586. The van der Waals surface area contributed by atoms with Crippen LogP contribution in [0, 0.1) is 12.7 Å². The second kappa shape index (κ2) is 8.16. The first-order chi connectivity index (χ1) is 12.4. The van der Waals surface area contributed by atoms with Crippen molar-refractivity contribution in [3.05, 3.63) is 75.1 Å². The third kappa shape index (κ3) is 4.60. The van der Waals surface area contributed by atoms with Crippen LogP contribution in [-0.2, 0) is 6.54 Å². The van der Waals surface area contributed by atoms with Gasteiger partial charge >= 0.3 is 0 Å². The first kappa shape index (κ1) is 18.8. The highest BCUT2D eigenvalue weighted by molar-refractivity contribution is 9.10. The Hall–Kier alpha value is -1.96. The largest absolute Gasteiger partial charge is 0.332 e. The zero-order valence-corrected chi connectivity index (χ0v) is 16.9. The van der Waals surface area contributed by atoms with Gasteiger partial charge in [0.1, 0.15) is 5.82 Å². The van der Waals surface area contributed by atoms with Crippen molar-refractivity contribution in [1.29, 1.82) is 0 Å². The Morgan fingerprint density at radius 1 is 1.27 bits per heavy atom. The zero-order valence-electron chi connectivity index (χ0n) is 13.8. The van der Waals surface area contributed by atoms with Gasteiger partial charge < -0.3 is 10.6 Å². The molecule has 0 saturated heterocycles. The van der Waals surface area contributed by atoms with Gasteiger partial charge in [0, 0.05) is 22.5 Å². The molecule has 0 spiro atoms. The number of anilines is 2. The van der Waals surface area contributed by atoms with Crippen molar-refractivity contribution in [2.24, 2.45) is 0 Å². The van der Waals surface area contributed by atoms with E-state index in [9.17, 15) is 4.39 Å². The summed E-state index contributed by atoms with van der Waals surface area (Å²) in [5.41, 5.74) is 2.40. The highest BCUT2D eigenvalue weighted by atomic mass is 79.9. The van der Waals surface area contributed by atoms with Crippen LogP contribution in [0.3, 0.4) is 0 Å². The van der Waals surface area contributed by atoms with Crippen molar-refractivity contribution in [2.75, 3.05) is 10.6 Å². The van der Waals surface area contributed by atoms with E-state index in [0.29, 0.717) is 26.0 Å². The Bertz CT molecular complexity index is 940. The Morgan fingerprint density at radius 3 is 2.77 bits per heavy atom. The molecule has 1 aromatic heterocycles. The minimum atomic E-state index is -0.365. The van der Waals surface area contributed by atoms with Crippen LogP contribution in [0.4, 0.5) is 15.9 Å². The first-order valence-corrected chi connectivity index (χ1v) is 9.31. The van der Waals surface area contributed by atoms with Crippen molar-refractivity contribution < 1.29 is 4.39 Å². The van der Waals surface area contributed by atoms with Crippen LogP contribution < -0.4 is 10.6 Å². The fourth-order valence-electron chi connectivity index (χ4n) is 2.40. The molecule has 26 heavy (non-hydrogen) atoms. The second-order valence-electron chi connectivity index (χ2n) is 5.67. The lowest BCUT2D eigenvalue weighted by Gasteiger charge is -2.09. The molecule has 0 radical (unpaired) electrons. The second-order valence-corrected chi connectivity index (χ2v) is 7.34. The van der Waals surface area contributed by atoms with E-state index < -0.39 is 0 Å². The predicted octanol–water partition coefficient (Wildman–Crippen LogP) is 5.60. The third-order valence-electron chi connectivity index (χ3n) is 3.61. The van der Waals surface area contributed by atoms with Crippen molar-refractivity contribution in [2.45, 2.75) is 13.5 Å². The summed E-state index contributed by atoms with van der Waals surface area (Å²) < 4.78 is 16.2. The summed E-state index contributed by atoms with van der Waals surface area (Å²) in [6.45, 7) is 2.22. The standard InChI is InChI=1S/C18H15BrClFN4S/c1-11-4-2-5-12(8-11)22-18(26)23-17-14(19)10-25(24-17)9-13-15(20)6-3-7-16(13)21/h2-8,10H,9H2,1H3,(H2,22,23,24,26). The Kier molecular flexibility index (Phi) is 5.90. The van der Waals surface area contributed by atoms with E-state index in [4.69, 9.17) is 23.8 Å². The van der Waals surface area contributed by atoms with Crippen LogP contribution in [0.2, 0.25) is 5.02 Å². The quantitative estimate of drug-likeness (QED) is 0.504. The van der Waals surface area contributed by atoms with E-state index in [2.05, 4.69) is 31.7 Å². The Morgan fingerprint density at radius 2 is 2.04 bits per heavy atom. The molecule has 8 heteroatoms. The molecule has 0 amide bonds. The van der Waals surface area contributed by atoms with Crippen LogP contribution >= 0.6 is 39.7 Å². The fraction of sp³-hybridized carbons (Fsp3) is 0.111. The molecule has 0 unspecified atom stereocenters. The van der Waals surface area contributed by atoms with Crippen LogP contribution in [0.25, 0.3) is 0 Å². The van der Waals surface area contributed by atoms with Gasteiger partial charge in [0.25, 0.3) is 0 Å². The van der Waals surface area contributed by atoms with Crippen LogP contribution in [0.1, 0.15) is 11.1 Å².